The van der Waals surface area contributed by atoms with Crippen LogP contribution in [0.4, 0.5) is 0 Å². The molecule has 2 rings (SSSR count). The van der Waals surface area contributed by atoms with Crippen molar-refractivity contribution in [3.05, 3.63) is 0 Å². The molecule has 3 heteroatoms. The van der Waals surface area contributed by atoms with E-state index in [0.717, 1.165) is 12.3 Å². The van der Waals surface area contributed by atoms with Gasteiger partial charge in [-0.3, -0.25) is 4.79 Å². The third-order valence-electron chi connectivity index (χ3n) is 3.56. The predicted molar refractivity (Wildman–Crippen MR) is 53.6 cm³/mol. The van der Waals surface area contributed by atoms with Crippen LogP contribution in [-0.2, 0) is 9.53 Å². The van der Waals surface area contributed by atoms with Crippen LogP contribution in [0.5, 0.6) is 0 Å². The number of carbonyl (C=O) groups excluding carboxylic acids is 1. The van der Waals surface area contributed by atoms with Crippen LogP contribution < -0.4 is 0 Å². The highest BCUT2D eigenvalue weighted by Gasteiger charge is 2.49. The van der Waals surface area contributed by atoms with E-state index in [0.29, 0.717) is 11.2 Å². The second kappa shape index (κ2) is 3.52. The molecule has 13 heavy (non-hydrogen) atoms. The normalized spacial score (nSPS) is 42.3. The monoisotopic (exact) mass is 200 g/mol. The molecule has 74 valence electrons. The summed E-state index contributed by atoms with van der Waals surface area (Å²) in [5.74, 6) is 1.63. The Hall–Kier alpha value is -0.180. The van der Waals surface area contributed by atoms with Gasteiger partial charge in [-0.2, -0.15) is 11.8 Å². The molecule has 0 aromatic rings. The van der Waals surface area contributed by atoms with Gasteiger partial charge in [-0.25, -0.2) is 0 Å². The number of esters is 1. The van der Waals surface area contributed by atoms with E-state index in [1.807, 2.05) is 11.8 Å². The van der Waals surface area contributed by atoms with Crippen LogP contribution in [0.2, 0.25) is 0 Å². The molecule has 0 saturated heterocycles. The van der Waals surface area contributed by atoms with Crippen LogP contribution in [0.25, 0.3) is 0 Å². The van der Waals surface area contributed by atoms with Gasteiger partial charge in [0.1, 0.15) is 0 Å². The van der Waals surface area contributed by atoms with E-state index in [1.165, 1.54) is 20.0 Å². The molecule has 0 aliphatic heterocycles. The summed E-state index contributed by atoms with van der Waals surface area (Å²) in [6.45, 7) is 0. The molecule has 2 aliphatic rings. The van der Waals surface area contributed by atoms with Crippen LogP contribution in [-0.4, -0.2) is 24.6 Å². The standard InChI is InChI=1S/C10H16O2S/c1-12-10(11)8-4-6-3-7(8)9(5-6)13-2/h6-9H,3-5H2,1-2H3/t6-,7+,8-,9+/m0/s1. The minimum Gasteiger partial charge on any atom is -0.469 e. The first-order valence-electron chi connectivity index (χ1n) is 4.87. The Morgan fingerprint density at radius 1 is 1.38 bits per heavy atom. The van der Waals surface area contributed by atoms with Crippen molar-refractivity contribution in [2.24, 2.45) is 17.8 Å². The molecule has 0 aromatic carbocycles. The van der Waals surface area contributed by atoms with Crippen LogP contribution in [0.15, 0.2) is 0 Å². The quantitative estimate of drug-likeness (QED) is 0.637. The third-order valence-corrected chi connectivity index (χ3v) is 4.71. The Morgan fingerprint density at radius 2 is 2.15 bits per heavy atom. The molecule has 0 radical (unpaired) electrons. The fraction of sp³-hybridized carbons (Fsp3) is 0.900. The van der Waals surface area contributed by atoms with Crippen molar-refractivity contribution >= 4 is 17.7 Å². The van der Waals surface area contributed by atoms with Crippen molar-refractivity contribution < 1.29 is 9.53 Å². The summed E-state index contributed by atoms with van der Waals surface area (Å²) in [5.41, 5.74) is 0. The molecule has 4 atom stereocenters. The molecule has 0 spiro atoms. The van der Waals surface area contributed by atoms with Gasteiger partial charge in [-0.05, 0) is 37.4 Å². The van der Waals surface area contributed by atoms with Gasteiger partial charge in [0.15, 0.2) is 0 Å². The van der Waals surface area contributed by atoms with Gasteiger partial charge in [0, 0.05) is 5.25 Å². The molecule has 2 fully saturated rings. The zero-order valence-corrected chi connectivity index (χ0v) is 8.97. The Labute approximate surface area is 83.4 Å². The number of ether oxygens (including phenoxy) is 1. The minimum atomic E-state index is 0.0197. The molecule has 0 unspecified atom stereocenters. The molecular formula is C10H16O2S. The summed E-state index contributed by atoms with van der Waals surface area (Å²) in [7, 11) is 1.50. The summed E-state index contributed by atoms with van der Waals surface area (Å²) >= 11 is 1.92. The van der Waals surface area contributed by atoms with E-state index in [1.54, 1.807) is 0 Å². The van der Waals surface area contributed by atoms with Gasteiger partial charge >= 0.3 is 5.97 Å². The Balaban J connectivity index is 2.05. The molecular weight excluding hydrogens is 184 g/mol. The highest BCUT2D eigenvalue weighted by Crippen LogP contribution is 2.52. The van der Waals surface area contributed by atoms with Crippen molar-refractivity contribution in [3.63, 3.8) is 0 Å². The number of methoxy groups -OCH3 is 1. The van der Waals surface area contributed by atoms with Crippen molar-refractivity contribution in [3.8, 4) is 0 Å². The fourth-order valence-corrected chi connectivity index (χ4v) is 4.09. The van der Waals surface area contributed by atoms with Gasteiger partial charge in [0.25, 0.3) is 0 Å². The lowest BCUT2D eigenvalue weighted by Gasteiger charge is -2.26. The summed E-state index contributed by atoms with van der Waals surface area (Å²) in [6.07, 6.45) is 5.80. The lowest BCUT2D eigenvalue weighted by atomic mass is 9.88. The zero-order valence-electron chi connectivity index (χ0n) is 8.16. The Bertz CT molecular complexity index is 217. The van der Waals surface area contributed by atoms with Crippen LogP contribution in [0.3, 0.4) is 0 Å². The first-order valence-corrected chi connectivity index (χ1v) is 6.15. The van der Waals surface area contributed by atoms with Crippen LogP contribution in [0, 0.1) is 17.8 Å². The SMILES string of the molecule is COC(=O)[C@H]1C[C@@H]2C[C@H]1[C@H](SC)C2. The maximum atomic E-state index is 11.4. The second-order valence-corrected chi connectivity index (χ2v) is 5.22. The minimum absolute atomic E-state index is 0.0197. The Kier molecular flexibility index (Phi) is 2.54. The van der Waals surface area contributed by atoms with Crippen molar-refractivity contribution in [1.29, 1.82) is 0 Å². The second-order valence-electron chi connectivity index (χ2n) is 4.14. The molecule has 2 aliphatic carbocycles. The fourth-order valence-electron chi connectivity index (χ4n) is 2.98. The first-order chi connectivity index (χ1) is 6.26. The van der Waals surface area contributed by atoms with E-state index in [4.69, 9.17) is 4.74 Å². The summed E-state index contributed by atoms with van der Waals surface area (Å²) in [5, 5.41) is 0.711. The van der Waals surface area contributed by atoms with Crippen LogP contribution >= 0.6 is 11.8 Å². The lowest BCUT2D eigenvalue weighted by molar-refractivity contribution is -0.147. The number of hydrogen-bond donors (Lipinski definition) is 0. The highest BCUT2D eigenvalue weighted by molar-refractivity contribution is 7.99. The molecule has 0 amide bonds. The van der Waals surface area contributed by atoms with Gasteiger partial charge in [-0.15, -0.1) is 0 Å². The number of thioether (sulfide) groups is 1. The van der Waals surface area contributed by atoms with E-state index >= 15 is 0 Å². The number of hydrogen-bond acceptors (Lipinski definition) is 3. The van der Waals surface area contributed by atoms with E-state index in [-0.39, 0.29) is 11.9 Å². The predicted octanol–water partition coefficient (Wildman–Crippen LogP) is 1.94. The summed E-state index contributed by atoms with van der Waals surface area (Å²) in [6, 6.07) is 0. The van der Waals surface area contributed by atoms with Crippen molar-refractivity contribution in [1.82, 2.24) is 0 Å². The summed E-state index contributed by atoms with van der Waals surface area (Å²) < 4.78 is 4.83. The van der Waals surface area contributed by atoms with Gasteiger partial charge in [-0.1, -0.05) is 0 Å². The highest BCUT2D eigenvalue weighted by atomic mass is 32.2. The van der Waals surface area contributed by atoms with E-state index in [9.17, 15) is 4.79 Å². The lowest BCUT2D eigenvalue weighted by Crippen LogP contribution is -2.29. The van der Waals surface area contributed by atoms with Gasteiger partial charge in [0.05, 0.1) is 13.0 Å². The number of rotatable bonds is 2. The molecule has 2 bridgehead atoms. The van der Waals surface area contributed by atoms with Gasteiger partial charge in [0.2, 0.25) is 0 Å². The largest absolute Gasteiger partial charge is 0.469 e. The molecule has 0 heterocycles. The number of carbonyl (C=O) groups is 1. The van der Waals surface area contributed by atoms with Crippen LogP contribution in [0.1, 0.15) is 19.3 Å². The van der Waals surface area contributed by atoms with Crippen molar-refractivity contribution in [2.75, 3.05) is 13.4 Å². The average Bonchev–Trinajstić information content (AvgIpc) is 2.74. The molecule has 0 aromatic heterocycles. The van der Waals surface area contributed by atoms with Gasteiger partial charge < -0.3 is 4.74 Å². The zero-order chi connectivity index (χ0) is 9.42. The maximum absolute atomic E-state index is 11.4. The maximum Gasteiger partial charge on any atom is 0.308 e. The van der Waals surface area contributed by atoms with E-state index in [2.05, 4.69) is 6.26 Å². The smallest absolute Gasteiger partial charge is 0.308 e. The third kappa shape index (κ3) is 1.47. The molecule has 2 nitrogen and oxygen atoms in total. The topological polar surface area (TPSA) is 26.3 Å². The molecule has 0 N–H and O–H groups in total. The Morgan fingerprint density at radius 3 is 2.69 bits per heavy atom. The average molecular weight is 200 g/mol. The van der Waals surface area contributed by atoms with E-state index < -0.39 is 0 Å². The summed E-state index contributed by atoms with van der Waals surface area (Å²) in [4.78, 5) is 11.4. The number of fused-ring (bicyclic) bond motifs is 2. The first kappa shape index (κ1) is 9.38. The molecule has 2 saturated carbocycles. The van der Waals surface area contributed by atoms with Crippen molar-refractivity contribution in [2.45, 2.75) is 24.5 Å².